The summed E-state index contributed by atoms with van der Waals surface area (Å²) >= 11 is 0. The summed E-state index contributed by atoms with van der Waals surface area (Å²) < 4.78 is 1.89. The maximum atomic E-state index is 4.37. The van der Waals surface area contributed by atoms with Crippen LogP contribution < -0.4 is 5.32 Å². The van der Waals surface area contributed by atoms with Crippen molar-refractivity contribution in [3.63, 3.8) is 0 Å². The molecule has 0 bridgehead atoms. The predicted octanol–water partition coefficient (Wildman–Crippen LogP) is 2.26. The molecule has 0 unspecified atom stereocenters. The molecule has 0 aliphatic heterocycles. The van der Waals surface area contributed by atoms with Crippen LogP contribution in [-0.4, -0.2) is 14.8 Å². The molecule has 3 rings (SSSR count). The standard InChI is InChI=1S/C15H16N4/c1-19-13(7-9-18-19)11-16-10-12-6-8-17-15-5-3-2-4-14(12)15/h2-9,16H,10-11H2,1H3. The summed E-state index contributed by atoms with van der Waals surface area (Å²) in [4.78, 5) is 4.37. The van der Waals surface area contributed by atoms with Crippen LogP contribution in [-0.2, 0) is 20.1 Å². The molecule has 4 nitrogen and oxygen atoms in total. The Kier molecular flexibility index (Phi) is 3.25. The van der Waals surface area contributed by atoms with Crippen molar-refractivity contribution in [1.82, 2.24) is 20.1 Å². The topological polar surface area (TPSA) is 42.7 Å². The number of nitrogens with one attached hydrogen (secondary N) is 1. The maximum absolute atomic E-state index is 4.37. The van der Waals surface area contributed by atoms with E-state index in [0.29, 0.717) is 0 Å². The number of benzene rings is 1. The van der Waals surface area contributed by atoms with E-state index in [2.05, 4.69) is 33.6 Å². The molecule has 4 heteroatoms. The van der Waals surface area contributed by atoms with Crippen LogP contribution in [0, 0.1) is 0 Å². The maximum Gasteiger partial charge on any atom is 0.0705 e. The lowest BCUT2D eigenvalue weighted by Crippen LogP contribution is -2.15. The van der Waals surface area contributed by atoms with Crippen LogP contribution in [0.2, 0.25) is 0 Å². The number of aromatic nitrogens is 3. The van der Waals surface area contributed by atoms with Gasteiger partial charge in [-0.05, 0) is 23.8 Å². The normalized spacial score (nSPS) is 11.0. The lowest BCUT2D eigenvalue weighted by Gasteiger charge is -2.08. The Morgan fingerprint density at radius 1 is 1.05 bits per heavy atom. The third-order valence-electron chi connectivity index (χ3n) is 3.28. The van der Waals surface area contributed by atoms with Crippen LogP contribution in [0.15, 0.2) is 48.8 Å². The largest absolute Gasteiger partial charge is 0.307 e. The van der Waals surface area contributed by atoms with Crippen LogP contribution in [0.5, 0.6) is 0 Å². The minimum absolute atomic E-state index is 0.813. The van der Waals surface area contributed by atoms with E-state index in [1.165, 1.54) is 16.6 Å². The van der Waals surface area contributed by atoms with Gasteiger partial charge in [-0.2, -0.15) is 5.10 Å². The first-order valence-corrected chi connectivity index (χ1v) is 6.35. The lowest BCUT2D eigenvalue weighted by atomic mass is 10.1. The molecule has 96 valence electrons. The van der Waals surface area contributed by atoms with E-state index >= 15 is 0 Å². The third-order valence-corrected chi connectivity index (χ3v) is 3.28. The number of pyridine rings is 1. The Morgan fingerprint density at radius 2 is 1.95 bits per heavy atom. The zero-order valence-electron chi connectivity index (χ0n) is 10.9. The number of fused-ring (bicyclic) bond motifs is 1. The molecule has 0 saturated carbocycles. The summed E-state index contributed by atoms with van der Waals surface area (Å²) in [5, 5.41) is 8.82. The fourth-order valence-electron chi connectivity index (χ4n) is 2.21. The quantitative estimate of drug-likeness (QED) is 0.774. The second-order valence-corrected chi connectivity index (χ2v) is 4.54. The van der Waals surface area contributed by atoms with Crippen molar-refractivity contribution < 1.29 is 0 Å². The Hall–Kier alpha value is -2.20. The smallest absolute Gasteiger partial charge is 0.0705 e. The van der Waals surface area contributed by atoms with E-state index in [-0.39, 0.29) is 0 Å². The number of hydrogen-bond donors (Lipinski definition) is 1. The Labute approximate surface area is 112 Å². The molecule has 0 aliphatic rings. The Bertz CT molecular complexity index is 682. The molecule has 0 aliphatic carbocycles. The van der Waals surface area contributed by atoms with Gasteiger partial charge in [0.2, 0.25) is 0 Å². The van der Waals surface area contributed by atoms with E-state index in [4.69, 9.17) is 0 Å². The van der Waals surface area contributed by atoms with Crippen LogP contribution >= 0.6 is 0 Å². The van der Waals surface area contributed by atoms with Gasteiger partial charge >= 0.3 is 0 Å². The van der Waals surface area contributed by atoms with Crippen LogP contribution in [0.1, 0.15) is 11.3 Å². The number of rotatable bonds is 4. The Balaban J connectivity index is 1.74. The highest BCUT2D eigenvalue weighted by Crippen LogP contribution is 2.15. The monoisotopic (exact) mass is 252 g/mol. The summed E-state index contributed by atoms with van der Waals surface area (Å²) in [6, 6.07) is 12.3. The number of nitrogens with zero attached hydrogens (tertiary/aromatic N) is 3. The fraction of sp³-hybridized carbons (Fsp3) is 0.200. The van der Waals surface area contributed by atoms with Crippen LogP contribution in [0.25, 0.3) is 10.9 Å². The van der Waals surface area contributed by atoms with Crippen molar-refractivity contribution in [2.45, 2.75) is 13.1 Å². The van der Waals surface area contributed by atoms with Gasteiger partial charge in [0.15, 0.2) is 0 Å². The van der Waals surface area contributed by atoms with Crippen molar-refractivity contribution in [3.8, 4) is 0 Å². The molecule has 2 heterocycles. The summed E-state index contributed by atoms with van der Waals surface area (Å²) in [5.74, 6) is 0. The van der Waals surface area contributed by atoms with Crippen molar-refractivity contribution in [1.29, 1.82) is 0 Å². The van der Waals surface area contributed by atoms with Crippen molar-refractivity contribution >= 4 is 10.9 Å². The van der Waals surface area contributed by atoms with Gasteiger partial charge in [-0.15, -0.1) is 0 Å². The van der Waals surface area contributed by atoms with Crippen LogP contribution in [0.4, 0.5) is 0 Å². The molecule has 0 fully saturated rings. The van der Waals surface area contributed by atoms with Crippen LogP contribution in [0.3, 0.4) is 0 Å². The number of hydrogen-bond acceptors (Lipinski definition) is 3. The molecule has 0 saturated heterocycles. The van der Waals surface area contributed by atoms with Gasteiger partial charge < -0.3 is 5.32 Å². The molecular formula is C15H16N4. The van der Waals surface area contributed by atoms with E-state index in [9.17, 15) is 0 Å². The molecule has 0 amide bonds. The van der Waals surface area contributed by atoms with E-state index in [1.54, 1.807) is 0 Å². The molecule has 2 aromatic heterocycles. The molecule has 1 N–H and O–H groups in total. The SMILES string of the molecule is Cn1nccc1CNCc1ccnc2ccccc12. The molecule has 0 spiro atoms. The van der Waals surface area contributed by atoms with Crippen molar-refractivity contribution in [3.05, 3.63) is 60.0 Å². The third kappa shape index (κ3) is 2.48. The predicted molar refractivity (Wildman–Crippen MR) is 75.5 cm³/mol. The van der Waals surface area contributed by atoms with Gasteiger partial charge in [0.25, 0.3) is 0 Å². The molecule has 19 heavy (non-hydrogen) atoms. The first kappa shape index (κ1) is 11.9. The van der Waals surface area contributed by atoms with Gasteiger partial charge in [-0.25, -0.2) is 0 Å². The summed E-state index contributed by atoms with van der Waals surface area (Å²) in [6.07, 6.45) is 3.68. The Morgan fingerprint density at radius 3 is 2.79 bits per heavy atom. The fourth-order valence-corrected chi connectivity index (χ4v) is 2.21. The molecule has 0 atom stereocenters. The average Bonchev–Trinajstić information content (AvgIpc) is 2.85. The minimum Gasteiger partial charge on any atom is -0.307 e. The second-order valence-electron chi connectivity index (χ2n) is 4.54. The average molecular weight is 252 g/mol. The van der Waals surface area contributed by atoms with Gasteiger partial charge in [-0.1, -0.05) is 18.2 Å². The zero-order valence-corrected chi connectivity index (χ0v) is 10.9. The van der Waals surface area contributed by atoms with E-state index in [1.807, 2.05) is 42.3 Å². The summed E-state index contributed by atoms with van der Waals surface area (Å²) in [6.45, 7) is 1.64. The summed E-state index contributed by atoms with van der Waals surface area (Å²) in [5.41, 5.74) is 3.49. The number of para-hydroxylation sites is 1. The first-order chi connectivity index (χ1) is 9.34. The van der Waals surface area contributed by atoms with Gasteiger partial charge in [0.05, 0.1) is 11.2 Å². The number of aryl methyl sites for hydroxylation is 1. The lowest BCUT2D eigenvalue weighted by molar-refractivity contribution is 0.627. The zero-order chi connectivity index (χ0) is 13.1. The van der Waals surface area contributed by atoms with E-state index in [0.717, 1.165) is 18.6 Å². The van der Waals surface area contributed by atoms with Crippen molar-refractivity contribution in [2.24, 2.45) is 7.05 Å². The molecule has 1 aromatic carbocycles. The van der Waals surface area contributed by atoms with Gasteiger partial charge in [0.1, 0.15) is 0 Å². The summed E-state index contributed by atoms with van der Waals surface area (Å²) in [7, 11) is 1.96. The minimum atomic E-state index is 0.813. The molecular weight excluding hydrogens is 236 g/mol. The van der Waals surface area contributed by atoms with Gasteiger partial charge in [-0.3, -0.25) is 9.67 Å². The van der Waals surface area contributed by atoms with Crippen molar-refractivity contribution in [2.75, 3.05) is 0 Å². The highest BCUT2D eigenvalue weighted by molar-refractivity contribution is 5.81. The van der Waals surface area contributed by atoms with Gasteiger partial charge in [0, 0.05) is 37.9 Å². The highest BCUT2D eigenvalue weighted by Gasteiger charge is 2.02. The van der Waals surface area contributed by atoms with E-state index < -0.39 is 0 Å². The molecule has 0 radical (unpaired) electrons. The first-order valence-electron chi connectivity index (χ1n) is 6.35. The second kappa shape index (κ2) is 5.20. The highest BCUT2D eigenvalue weighted by atomic mass is 15.3. The molecule has 3 aromatic rings.